The molecule has 3 aromatic rings. The highest BCUT2D eigenvalue weighted by atomic mass is 16.7. The second-order valence-electron chi connectivity index (χ2n) is 15.3. The third-order valence-electron chi connectivity index (χ3n) is 12.0. The molecule has 2 aliphatic carbocycles. The molecule has 6 atom stereocenters. The zero-order valence-electron chi connectivity index (χ0n) is 32.9. The number of amides is 1. The van der Waals surface area contributed by atoms with Crippen LogP contribution in [0.5, 0.6) is 28.7 Å². The van der Waals surface area contributed by atoms with Gasteiger partial charge < -0.3 is 43.6 Å². The van der Waals surface area contributed by atoms with Gasteiger partial charge in [-0.1, -0.05) is 36.2 Å². The van der Waals surface area contributed by atoms with E-state index in [0.29, 0.717) is 47.8 Å². The number of carbonyl (C=O) groups is 1. The molecule has 0 unspecified atom stereocenters. The fourth-order valence-electron chi connectivity index (χ4n) is 9.19. The molecule has 298 valence electrons. The Morgan fingerprint density at radius 3 is 2.43 bits per heavy atom. The summed E-state index contributed by atoms with van der Waals surface area (Å²) in [5.41, 5.74) is 5.46. The predicted octanol–water partition coefficient (Wildman–Crippen LogP) is 7.86. The summed E-state index contributed by atoms with van der Waals surface area (Å²) in [5.74, 6) is 1.25. The second kappa shape index (κ2) is 17.1. The zero-order valence-corrected chi connectivity index (χ0v) is 32.9. The van der Waals surface area contributed by atoms with Crippen molar-refractivity contribution in [2.45, 2.75) is 76.5 Å². The SMILES string of the molecule is C=CCO[C@@]12Oc3ccc(Oc4ccc(C)c(C)c4)cc3[C@H]3[C@H](CCCCO)[C@@H](CCCCO)C=C(C(=NOC)C[C@@H]1N(C)C(=O)c1ccc4c(c1)OCO4)[C@H]32. The largest absolute Gasteiger partial charge is 0.459 e. The number of ether oxygens (including phenoxy) is 5. The monoisotopic (exact) mass is 766 g/mol. The number of unbranched alkanes of at least 4 members (excludes halogenated alkanes) is 2. The Bertz CT molecular complexity index is 1980. The van der Waals surface area contributed by atoms with Crippen LogP contribution in [-0.2, 0) is 9.57 Å². The van der Waals surface area contributed by atoms with Gasteiger partial charge in [-0.05, 0) is 117 Å². The highest BCUT2D eigenvalue weighted by molar-refractivity contribution is 6.03. The summed E-state index contributed by atoms with van der Waals surface area (Å²) in [5, 5.41) is 24.3. The lowest BCUT2D eigenvalue weighted by molar-refractivity contribution is -0.252. The van der Waals surface area contributed by atoms with Crippen molar-refractivity contribution in [3.05, 3.63) is 101 Å². The minimum atomic E-state index is -1.35. The molecule has 0 bridgehead atoms. The van der Waals surface area contributed by atoms with Crippen molar-refractivity contribution in [1.82, 2.24) is 4.90 Å². The maximum Gasteiger partial charge on any atom is 0.254 e. The molecule has 0 radical (unpaired) electrons. The maximum absolute atomic E-state index is 14.5. The first kappa shape index (κ1) is 39.4. The smallest absolute Gasteiger partial charge is 0.254 e. The number of hydrogen-bond donors (Lipinski definition) is 2. The molecule has 3 aromatic carbocycles. The molecule has 11 nitrogen and oxygen atoms in total. The van der Waals surface area contributed by atoms with Crippen molar-refractivity contribution in [2.24, 2.45) is 22.9 Å². The summed E-state index contributed by atoms with van der Waals surface area (Å²) in [4.78, 5) is 21.8. The van der Waals surface area contributed by atoms with Crippen molar-refractivity contribution in [1.29, 1.82) is 0 Å². The lowest BCUT2D eigenvalue weighted by atomic mass is 9.55. The van der Waals surface area contributed by atoms with Crippen LogP contribution in [0.2, 0.25) is 0 Å². The van der Waals surface area contributed by atoms with E-state index in [-0.39, 0.29) is 50.3 Å². The summed E-state index contributed by atoms with van der Waals surface area (Å²) < 4.78 is 31.9. The molecule has 2 N–H and O–H groups in total. The molecule has 2 aliphatic heterocycles. The highest BCUT2D eigenvalue weighted by Crippen LogP contribution is 2.62. The fourth-order valence-corrected chi connectivity index (χ4v) is 9.19. The number of fused-ring (bicyclic) bond motifs is 3. The van der Waals surface area contributed by atoms with Gasteiger partial charge in [-0.2, -0.15) is 0 Å². The van der Waals surface area contributed by atoms with Gasteiger partial charge in [0, 0.05) is 43.7 Å². The van der Waals surface area contributed by atoms with Gasteiger partial charge in [0.1, 0.15) is 30.4 Å². The van der Waals surface area contributed by atoms with Crippen molar-refractivity contribution in [2.75, 3.05) is 40.8 Å². The van der Waals surface area contributed by atoms with Crippen molar-refractivity contribution >= 4 is 11.6 Å². The van der Waals surface area contributed by atoms with Crippen LogP contribution in [0.15, 0.2) is 84.1 Å². The van der Waals surface area contributed by atoms with E-state index >= 15 is 0 Å². The molecule has 11 heteroatoms. The van der Waals surface area contributed by atoms with Crippen LogP contribution in [0.25, 0.3) is 0 Å². The van der Waals surface area contributed by atoms with Crippen molar-refractivity contribution < 1.29 is 43.5 Å². The Balaban J connectivity index is 1.40. The molecule has 1 saturated carbocycles. The zero-order chi connectivity index (χ0) is 39.4. The van der Waals surface area contributed by atoms with E-state index in [1.54, 1.807) is 43.3 Å². The Morgan fingerprint density at radius 2 is 1.68 bits per heavy atom. The molecular formula is C45H54N2O9. The summed E-state index contributed by atoms with van der Waals surface area (Å²) >= 11 is 0. The minimum absolute atomic E-state index is 0.0950. The maximum atomic E-state index is 14.5. The van der Waals surface area contributed by atoms with Gasteiger partial charge in [0.05, 0.1) is 18.2 Å². The van der Waals surface area contributed by atoms with Gasteiger partial charge in [-0.25, -0.2) is 0 Å². The van der Waals surface area contributed by atoms with E-state index in [2.05, 4.69) is 43.8 Å². The average molecular weight is 767 g/mol. The first-order valence-electron chi connectivity index (χ1n) is 19.8. The molecule has 0 aromatic heterocycles. The number of nitrogens with zero attached hydrogens (tertiary/aromatic N) is 2. The predicted molar refractivity (Wildman–Crippen MR) is 213 cm³/mol. The number of allylic oxidation sites excluding steroid dienone is 1. The Morgan fingerprint density at radius 1 is 0.946 bits per heavy atom. The Hall–Kier alpha value is -4.84. The van der Waals surface area contributed by atoms with Crippen LogP contribution in [0.4, 0.5) is 0 Å². The van der Waals surface area contributed by atoms with Crippen molar-refractivity contribution in [3.8, 4) is 28.7 Å². The molecule has 1 fully saturated rings. The standard InChI is InChI=1S/C45H54N2O9/c1-6-21-54-45-41(47(4)44(50)31-14-17-39-40(24-31)53-27-52-39)26-37(46-51-5)35-23-30(11-7-9-19-48)34(12-8-10-20-49)42(43(35)45)36-25-33(16-18-38(36)56-45)55-32-15-13-28(2)29(3)22-32/h6,13-18,22-25,30,34,41-43,48-49H,1,7-12,19-21,26-27H2,2-5H3/t30-,34+,41-,42+,43+,45+/m0/s1. The molecule has 4 aliphatic rings. The van der Waals surface area contributed by atoms with Gasteiger partial charge in [0.15, 0.2) is 11.5 Å². The average Bonchev–Trinajstić information content (AvgIpc) is 3.68. The quantitative estimate of drug-likeness (QED) is 0.0851. The van der Waals surface area contributed by atoms with Gasteiger partial charge in [-0.3, -0.25) is 4.79 Å². The van der Waals surface area contributed by atoms with Gasteiger partial charge in [0.2, 0.25) is 12.6 Å². The van der Waals surface area contributed by atoms with E-state index in [9.17, 15) is 15.0 Å². The number of benzene rings is 3. The molecule has 0 spiro atoms. The van der Waals surface area contributed by atoms with E-state index in [4.69, 9.17) is 28.5 Å². The molecule has 2 heterocycles. The lowest BCUT2D eigenvalue weighted by Gasteiger charge is -2.59. The Labute approximate surface area is 329 Å². The minimum Gasteiger partial charge on any atom is -0.459 e. The number of aryl methyl sites for hydroxylation is 2. The van der Waals surface area contributed by atoms with Gasteiger partial charge in [-0.15, -0.1) is 6.58 Å². The molecule has 1 amide bonds. The summed E-state index contributed by atoms with van der Waals surface area (Å²) in [6, 6.07) is 16.6. The number of aliphatic hydroxyl groups excluding tert-OH is 2. The van der Waals surface area contributed by atoms with Gasteiger partial charge >= 0.3 is 0 Å². The summed E-state index contributed by atoms with van der Waals surface area (Å²) in [6.07, 6.45) is 9.08. The van der Waals surface area contributed by atoms with Crippen LogP contribution >= 0.6 is 0 Å². The highest BCUT2D eigenvalue weighted by Gasteiger charge is 2.65. The molecule has 56 heavy (non-hydrogen) atoms. The number of carbonyl (C=O) groups excluding carboxylic acids is 1. The van der Waals surface area contributed by atoms with Crippen LogP contribution in [-0.4, -0.2) is 79.3 Å². The molecule has 7 rings (SSSR count). The van der Waals surface area contributed by atoms with Crippen LogP contribution < -0.4 is 18.9 Å². The number of likely N-dealkylation sites (N-methyl/N-ethyl adjacent to an activating group) is 1. The first-order valence-corrected chi connectivity index (χ1v) is 19.8. The topological polar surface area (TPSA) is 129 Å². The van der Waals surface area contributed by atoms with Crippen LogP contribution in [0.1, 0.15) is 77.9 Å². The fraction of sp³-hybridized carbons (Fsp3) is 0.467. The van der Waals surface area contributed by atoms with E-state index in [1.165, 1.54) is 5.56 Å². The first-order chi connectivity index (χ1) is 27.2. The number of rotatable bonds is 16. The normalized spacial score (nSPS) is 25.1. The molecule has 0 saturated heterocycles. The van der Waals surface area contributed by atoms with Gasteiger partial charge in [0.25, 0.3) is 5.91 Å². The van der Waals surface area contributed by atoms with E-state index < -0.39 is 17.7 Å². The summed E-state index contributed by atoms with van der Waals surface area (Å²) in [7, 11) is 3.32. The number of oxime groups is 1. The van der Waals surface area contributed by atoms with Crippen molar-refractivity contribution in [3.63, 3.8) is 0 Å². The number of hydrogen-bond acceptors (Lipinski definition) is 10. The van der Waals surface area contributed by atoms with Crippen LogP contribution in [0, 0.1) is 31.6 Å². The number of aliphatic hydroxyl groups is 2. The van der Waals surface area contributed by atoms with E-state index in [0.717, 1.165) is 53.8 Å². The molecular weight excluding hydrogens is 712 g/mol. The third-order valence-corrected chi connectivity index (χ3v) is 12.0. The summed E-state index contributed by atoms with van der Waals surface area (Å²) in [6.45, 7) is 8.66. The van der Waals surface area contributed by atoms with E-state index in [1.807, 2.05) is 24.3 Å². The Kier molecular flexibility index (Phi) is 12.0. The van der Waals surface area contributed by atoms with Crippen LogP contribution in [0.3, 0.4) is 0 Å². The second-order valence-corrected chi connectivity index (χ2v) is 15.3. The lowest BCUT2D eigenvalue weighted by Crippen LogP contribution is -2.69. The third kappa shape index (κ3) is 7.52.